The molecular weight excluding hydrogens is 244 g/mol. The van der Waals surface area contributed by atoms with Crippen LogP contribution >= 0.6 is 0 Å². The Labute approximate surface area is 110 Å². The monoisotopic (exact) mass is 258 g/mol. The summed E-state index contributed by atoms with van der Waals surface area (Å²) in [6, 6.07) is 13.4. The predicted octanol–water partition coefficient (Wildman–Crippen LogP) is 1.85. The second kappa shape index (κ2) is 4.66. The predicted molar refractivity (Wildman–Crippen MR) is 70.0 cm³/mol. The van der Waals surface area contributed by atoms with Gasteiger partial charge >= 0.3 is 0 Å². The topological polar surface area (TPSA) is 73.2 Å². The van der Waals surface area contributed by atoms with E-state index in [1.807, 2.05) is 36.4 Å². The van der Waals surface area contributed by atoms with E-state index < -0.39 is 18.8 Å². The van der Waals surface area contributed by atoms with E-state index in [2.05, 4.69) is 0 Å². The molecule has 2 atom stereocenters. The summed E-state index contributed by atoms with van der Waals surface area (Å²) in [6.45, 7) is -0.490. The van der Waals surface area contributed by atoms with Crippen molar-refractivity contribution >= 4 is 0 Å². The molecule has 0 saturated carbocycles. The molecule has 0 spiro atoms. The van der Waals surface area contributed by atoms with E-state index in [1.54, 1.807) is 6.07 Å². The summed E-state index contributed by atoms with van der Waals surface area (Å²) in [5.74, 6) is 1.33. The van der Waals surface area contributed by atoms with Crippen molar-refractivity contribution in [3.05, 3.63) is 48.0 Å². The summed E-state index contributed by atoms with van der Waals surface area (Å²) in [5.41, 5.74) is 2.52. The van der Waals surface area contributed by atoms with Gasteiger partial charge in [-0.05, 0) is 11.6 Å². The molecule has 3 N–H and O–H groups in total. The van der Waals surface area contributed by atoms with Crippen molar-refractivity contribution in [2.45, 2.75) is 12.2 Å². The summed E-state index contributed by atoms with van der Waals surface area (Å²) in [6.07, 6.45) is -2.33. The van der Waals surface area contributed by atoms with Crippen molar-refractivity contribution in [2.75, 3.05) is 6.61 Å². The molecule has 98 valence electrons. The minimum absolute atomic E-state index is 0.490. The molecule has 1 aliphatic heterocycles. The number of ether oxygens (including phenoxy) is 1. The van der Waals surface area contributed by atoms with Gasteiger partial charge in [0.15, 0.2) is 11.5 Å². The fourth-order valence-corrected chi connectivity index (χ4v) is 2.15. The fourth-order valence-electron chi connectivity index (χ4n) is 2.15. The average Bonchev–Trinajstić information content (AvgIpc) is 3.25. The van der Waals surface area contributed by atoms with Crippen molar-refractivity contribution in [3.8, 4) is 22.6 Å². The van der Waals surface area contributed by atoms with E-state index in [9.17, 15) is 10.2 Å². The van der Waals surface area contributed by atoms with Crippen molar-refractivity contribution in [2.24, 2.45) is 0 Å². The molecule has 1 aliphatic rings. The second-order valence-electron chi connectivity index (χ2n) is 4.52. The van der Waals surface area contributed by atoms with Crippen LogP contribution in [0.2, 0.25) is 0 Å². The van der Waals surface area contributed by atoms with E-state index >= 15 is 0 Å². The van der Waals surface area contributed by atoms with Gasteiger partial charge in [-0.25, -0.2) is 0 Å². The van der Waals surface area contributed by atoms with Gasteiger partial charge in [-0.1, -0.05) is 36.4 Å². The molecule has 2 aromatic carbocycles. The molecule has 3 rings (SSSR count). The Hall–Kier alpha value is -1.88. The summed E-state index contributed by atoms with van der Waals surface area (Å²) < 4.78 is 5.42. The molecule has 0 bridgehead atoms. The normalized spacial score (nSPS) is 15.3. The van der Waals surface area contributed by atoms with Crippen LogP contribution in [0.15, 0.2) is 42.5 Å². The summed E-state index contributed by atoms with van der Waals surface area (Å²) in [5, 5.41) is 28.2. The lowest BCUT2D eigenvalue weighted by Crippen LogP contribution is -2.21. The van der Waals surface area contributed by atoms with Crippen LogP contribution < -0.4 is 4.74 Å². The maximum atomic E-state index is 9.87. The summed E-state index contributed by atoms with van der Waals surface area (Å²) >= 11 is 0. The molecule has 2 aromatic rings. The standard InChI is InChI=1S/C15H14O4/c16-8-12(17)13(18)11-7-6-10(14-15(11)19-14)9-4-2-1-3-5-9/h1-7,12-13,16-18H,8H2. The Morgan fingerprint density at radius 3 is 2.37 bits per heavy atom. The van der Waals surface area contributed by atoms with Crippen LogP contribution in [-0.2, 0) is 0 Å². The fraction of sp³-hybridized carbons (Fsp3) is 0.200. The third-order valence-electron chi connectivity index (χ3n) is 3.26. The van der Waals surface area contributed by atoms with Gasteiger partial charge in [0, 0.05) is 11.1 Å². The highest BCUT2D eigenvalue weighted by Crippen LogP contribution is 2.56. The number of benzene rings is 2. The van der Waals surface area contributed by atoms with Crippen LogP contribution in [0.4, 0.5) is 0 Å². The number of aliphatic hydroxyl groups is 3. The van der Waals surface area contributed by atoms with E-state index in [1.165, 1.54) is 0 Å². The first-order valence-corrected chi connectivity index (χ1v) is 6.09. The molecule has 0 aromatic heterocycles. The molecule has 0 saturated heterocycles. The van der Waals surface area contributed by atoms with Crippen molar-refractivity contribution in [1.82, 2.24) is 0 Å². The smallest absolute Gasteiger partial charge is 0.178 e. The first kappa shape index (κ1) is 12.2. The molecule has 4 nitrogen and oxygen atoms in total. The first-order valence-electron chi connectivity index (χ1n) is 6.09. The molecule has 0 amide bonds. The van der Waals surface area contributed by atoms with E-state index in [-0.39, 0.29) is 0 Å². The number of fused-ring (bicyclic) bond motifs is 1. The van der Waals surface area contributed by atoms with Gasteiger partial charge in [0.1, 0.15) is 12.2 Å². The third-order valence-corrected chi connectivity index (χ3v) is 3.26. The van der Waals surface area contributed by atoms with Gasteiger partial charge in [-0.3, -0.25) is 0 Å². The van der Waals surface area contributed by atoms with Crippen LogP contribution in [0, 0.1) is 0 Å². The minimum atomic E-state index is -1.20. The van der Waals surface area contributed by atoms with E-state index in [4.69, 9.17) is 9.84 Å². The summed E-state index contributed by atoms with van der Waals surface area (Å²) in [7, 11) is 0. The molecule has 4 heteroatoms. The van der Waals surface area contributed by atoms with Crippen molar-refractivity contribution in [1.29, 1.82) is 0 Å². The maximum Gasteiger partial charge on any atom is 0.178 e. The highest BCUT2D eigenvalue weighted by molar-refractivity contribution is 5.81. The first-order chi connectivity index (χ1) is 9.22. The molecule has 2 unspecified atom stereocenters. The minimum Gasteiger partial charge on any atom is -0.448 e. The van der Waals surface area contributed by atoms with Crippen LogP contribution in [0.25, 0.3) is 11.1 Å². The highest BCUT2D eigenvalue weighted by atomic mass is 16.6. The molecule has 1 heterocycles. The summed E-state index contributed by atoms with van der Waals surface area (Å²) in [4.78, 5) is 0. The zero-order chi connectivity index (χ0) is 13.4. The van der Waals surface area contributed by atoms with Gasteiger partial charge in [0.25, 0.3) is 0 Å². The lowest BCUT2D eigenvalue weighted by molar-refractivity contribution is -0.0153. The second-order valence-corrected chi connectivity index (χ2v) is 4.52. The Bertz CT molecular complexity index is 595. The Balaban J connectivity index is 1.95. The SMILES string of the molecule is OCC(O)C(O)c1ccc(-c2ccccc2)c2c1O2. The quantitative estimate of drug-likeness (QED) is 0.624. The van der Waals surface area contributed by atoms with Gasteiger partial charge in [0.2, 0.25) is 0 Å². The van der Waals surface area contributed by atoms with Crippen LogP contribution in [0.3, 0.4) is 0 Å². The molecule has 0 aliphatic carbocycles. The lowest BCUT2D eigenvalue weighted by Gasteiger charge is -2.14. The Morgan fingerprint density at radius 2 is 1.68 bits per heavy atom. The highest BCUT2D eigenvalue weighted by Gasteiger charge is 2.34. The Kier molecular flexibility index (Phi) is 2.98. The van der Waals surface area contributed by atoms with Gasteiger partial charge in [-0.2, -0.15) is 0 Å². The molecular formula is C15H14O4. The zero-order valence-corrected chi connectivity index (χ0v) is 10.2. The zero-order valence-electron chi connectivity index (χ0n) is 10.2. The lowest BCUT2D eigenvalue weighted by atomic mass is 10.00. The van der Waals surface area contributed by atoms with Crippen LogP contribution in [0.1, 0.15) is 11.7 Å². The number of hydrogen-bond acceptors (Lipinski definition) is 4. The van der Waals surface area contributed by atoms with E-state index in [0.29, 0.717) is 11.3 Å². The molecule has 0 fully saturated rings. The van der Waals surface area contributed by atoms with Crippen molar-refractivity contribution in [3.63, 3.8) is 0 Å². The molecule has 0 radical (unpaired) electrons. The Morgan fingerprint density at radius 1 is 0.947 bits per heavy atom. The van der Waals surface area contributed by atoms with Gasteiger partial charge in [0.05, 0.1) is 6.61 Å². The average molecular weight is 258 g/mol. The van der Waals surface area contributed by atoms with Crippen LogP contribution in [0.5, 0.6) is 11.5 Å². The molecule has 19 heavy (non-hydrogen) atoms. The number of aliphatic hydroxyl groups excluding tert-OH is 3. The van der Waals surface area contributed by atoms with Gasteiger partial charge < -0.3 is 20.1 Å². The van der Waals surface area contributed by atoms with Crippen molar-refractivity contribution < 1.29 is 20.1 Å². The number of rotatable bonds is 4. The largest absolute Gasteiger partial charge is 0.448 e. The number of hydrogen-bond donors (Lipinski definition) is 3. The maximum absolute atomic E-state index is 9.87. The van der Waals surface area contributed by atoms with Gasteiger partial charge in [-0.15, -0.1) is 0 Å². The third kappa shape index (κ3) is 2.10. The van der Waals surface area contributed by atoms with E-state index in [0.717, 1.165) is 16.9 Å². The van der Waals surface area contributed by atoms with Crippen LogP contribution in [-0.4, -0.2) is 28.0 Å².